The molecule has 0 aromatic heterocycles. The van der Waals surface area contributed by atoms with E-state index in [0.717, 1.165) is 31.7 Å². The van der Waals surface area contributed by atoms with E-state index in [9.17, 15) is 24.3 Å². The Hall–Kier alpha value is -2.70. The van der Waals surface area contributed by atoms with Gasteiger partial charge in [-0.05, 0) is 43.7 Å². The Kier molecular flexibility index (Phi) is 9.62. The molecule has 0 saturated carbocycles. The SMILES string of the molecule is CCCCCCCCc1ccc2c(c1)CC(C(NC(C)=O)(C(=O)O)C(=O)OC(C)CC)C2=O. The molecule has 2 rings (SSSR count). The minimum Gasteiger partial charge on any atom is -0.479 e. The maximum absolute atomic E-state index is 13.2. The van der Waals surface area contributed by atoms with Gasteiger partial charge in [0.1, 0.15) is 0 Å². The van der Waals surface area contributed by atoms with E-state index < -0.39 is 41.2 Å². The smallest absolute Gasteiger partial charge is 0.344 e. The Morgan fingerprint density at radius 3 is 2.42 bits per heavy atom. The van der Waals surface area contributed by atoms with Gasteiger partial charge >= 0.3 is 11.9 Å². The predicted octanol–water partition coefficient (Wildman–Crippen LogP) is 4.25. The minimum absolute atomic E-state index is 0.0562. The number of carbonyl (C=O) groups is 4. The molecule has 0 aliphatic heterocycles. The van der Waals surface area contributed by atoms with E-state index in [2.05, 4.69) is 12.2 Å². The van der Waals surface area contributed by atoms with Gasteiger partial charge in [0.05, 0.1) is 12.0 Å². The molecular formula is C26H37NO6. The summed E-state index contributed by atoms with van der Waals surface area (Å²) in [6, 6.07) is 5.54. The highest BCUT2D eigenvalue weighted by atomic mass is 16.5. The molecule has 182 valence electrons. The molecule has 1 aromatic rings. The number of carbonyl (C=O) groups excluding carboxylic acids is 3. The lowest BCUT2D eigenvalue weighted by Gasteiger charge is -2.33. The summed E-state index contributed by atoms with van der Waals surface area (Å²) >= 11 is 0. The summed E-state index contributed by atoms with van der Waals surface area (Å²) in [5.74, 6) is -5.16. The third-order valence-electron chi connectivity index (χ3n) is 6.43. The molecule has 0 bridgehead atoms. The summed E-state index contributed by atoms with van der Waals surface area (Å²) < 4.78 is 5.32. The van der Waals surface area contributed by atoms with Crippen LogP contribution >= 0.6 is 0 Å². The van der Waals surface area contributed by atoms with Gasteiger partial charge in [0.25, 0.3) is 0 Å². The first-order chi connectivity index (χ1) is 15.7. The fourth-order valence-corrected chi connectivity index (χ4v) is 4.38. The molecule has 0 spiro atoms. The highest BCUT2D eigenvalue weighted by molar-refractivity contribution is 6.15. The number of Topliss-reactive ketones (excluding diaryl/α,β-unsaturated/α-hetero) is 1. The lowest BCUT2D eigenvalue weighted by atomic mass is 9.80. The van der Waals surface area contributed by atoms with Gasteiger partial charge in [0.15, 0.2) is 5.78 Å². The largest absolute Gasteiger partial charge is 0.479 e. The molecule has 2 N–H and O–H groups in total. The molecule has 0 fully saturated rings. The monoisotopic (exact) mass is 459 g/mol. The van der Waals surface area contributed by atoms with Gasteiger partial charge in [-0.1, -0.05) is 64.2 Å². The number of fused-ring (bicyclic) bond motifs is 1. The van der Waals surface area contributed by atoms with Crippen LogP contribution < -0.4 is 5.32 Å². The number of ketones is 1. The van der Waals surface area contributed by atoms with Crippen LogP contribution in [0.5, 0.6) is 0 Å². The lowest BCUT2D eigenvalue weighted by Crippen LogP contribution is -2.66. The average molecular weight is 460 g/mol. The van der Waals surface area contributed by atoms with Gasteiger partial charge in [-0.3, -0.25) is 9.59 Å². The number of aliphatic carboxylic acids is 1. The van der Waals surface area contributed by atoms with Crippen molar-refractivity contribution in [2.24, 2.45) is 5.92 Å². The molecule has 0 saturated heterocycles. The van der Waals surface area contributed by atoms with Gasteiger partial charge in [-0.15, -0.1) is 0 Å². The van der Waals surface area contributed by atoms with E-state index in [1.165, 1.54) is 25.7 Å². The van der Waals surface area contributed by atoms with Crippen LogP contribution in [0.4, 0.5) is 0 Å². The number of hydrogen-bond acceptors (Lipinski definition) is 5. The van der Waals surface area contributed by atoms with Crippen LogP contribution in [0.3, 0.4) is 0 Å². The number of amides is 1. The van der Waals surface area contributed by atoms with Crippen molar-refractivity contribution in [3.05, 3.63) is 34.9 Å². The number of nitrogens with one attached hydrogen (secondary N) is 1. The van der Waals surface area contributed by atoms with Gasteiger partial charge in [0, 0.05) is 12.5 Å². The van der Waals surface area contributed by atoms with Crippen molar-refractivity contribution in [2.45, 2.75) is 97.1 Å². The van der Waals surface area contributed by atoms with Gasteiger partial charge in [-0.25, -0.2) is 9.59 Å². The standard InChI is InChI=1S/C26H37NO6/c1-5-7-8-9-10-11-12-19-13-14-21-20(15-19)16-22(23(21)29)26(24(30)31,27-18(4)28)25(32)33-17(3)6-2/h13-15,17,22H,5-12,16H2,1-4H3,(H,27,28)(H,30,31). The molecule has 3 atom stereocenters. The fraction of sp³-hybridized carbons (Fsp3) is 0.615. The molecule has 7 heteroatoms. The Morgan fingerprint density at radius 2 is 1.82 bits per heavy atom. The zero-order valence-electron chi connectivity index (χ0n) is 20.2. The third-order valence-corrected chi connectivity index (χ3v) is 6.43. The molecule has 33 heavy (non-hydrogen) atoms. The second kappa shape index (κ2) is 12.0. The second-order valence-electron chi connectivity index (χ2n) is 9.05. The molecule has 3 unspecified atom stereocenters. The van der Waals surface area contributed by atoms with Crippen molar-refractivity contribution < 1.29 is 29.0 Å². The summed E-state index contributed by atoms with van der Waals surface area (Å²) in [5, 5.41) is 12.3. The number of carboxylic acid groups (broad SMARTS) is 1. The quantitative estimate of drug-likeness (QED) is 0.259. The van der Waals surface area contributed by atoms with E-state index >= 15 is 0 Å². The molecule has 7 nitrogen and oxygen atoms in total. The van der Waals surface area contributed by atoms with Crippen molar-refractivity contribution in [3.63, 3.8) is 0 Å². The number of aryl methyl sites for hydroxylation is 1. The average Bonchev–Trinajstić information content (AvgIpc) is 3.09. The molecule has 1 aromatic carbocycles. The second-order valence-corrected chi connectivity index (χ2v) is 9.05. The van der Waals surface area contributed by atoms with Crippen LogP contribution in [0.1, 0.15) is 94.1 Å². The van der Waals surface area contributed by atoms with Gasteiger partial charge in [-0.2, -0.15) is 0 Å². The van der Waals surface area contributed by atoms with Crippen molar-refractivity contribution in [3.8, 4) is 0 Å². The number of unbranched alkanes of at least 4 members (excludes halogenated alkanes) is 5. The number of ether oxygens (including phenoxy) is 1. The summed E-state index contributed by atoms with van der Waals surface area (Å²) in [5.41, 5.74) is -0.273. The highest BCUT2D eigenvalue weighted by Crippen LogP contribution is 2.36. The van der Waals surface area contributed by atoms with E-state index in [1.807, 2.05) is 12.1 Å². The number of benzene rings is 1. The number of hydrogen-bond donors (Lipinski definition) is 2. The molecule has 1 aliphatic carbocycles. The summed E-state index contributed by atoms with van der Waals surface area (Å²) in [6.07, 6.45) is 7.96. The number of esters is 1. The summed E-state index contributed by atoms with van der Waals surface area (Å²) in [4.78, 5) is 50.6. The Balaban J connectivity index is 2.26. The summed E-state index contributed by atoms with van der Waals surface area (Å²) in [6.45, 7) is 6.74. The third kappa shape index (κ3) is 6.21. The first kappa shape index (κ1) is 26.6. The van der Waals surface area contributed by atoms with Crippen LogP contribution in [0.2, 0.25) is 0 Å². The highest BCUT2D eigenvalue weighted by Gasteiger charge is 2.60. The zero-order chi connectivity index (χ0) is 24.6. The van der Waals surface area contributed by atoms with Crippen LogP contribution in [0, 0.1) is 5.92 Å². The Bertz CT molecular complexity index is 880. The first-order valence-corrected chi connectivity index (χ1v) is 12.1. The Labute approximate surface area is 196 Å². The van der Waals surface area contributed by atoms with Crippen LogP contribution in [0.15, 0.2) is 18.2 Å². The zero-order valence-corrected chi connectivity index (χ0v) is 20.2. The molecule has 0 radical (unpaired) electrons. The summed E-state index contributed by atoms with van der Waals surface area (Å²) in [7, 11) is 0. The van der Waals surface area contributed by atoms with Crippen LogP contribution in [0.25, 0.3) is 0 Å². The lowest BCUT2D eigenvalue weighted by molar-refractivity contribution is -0.170. The van der Waals surface area contributed by atoms with Crippen molar-refractivity contribution in [1.29, 1.82) is 0 Å². The number of carboxylic acids is 1. The first-order valence-electron chi connectivity index (χ1n) is 12.1. The van der Waals surface area contributed by atoms with Crippen LogP contribution in [-0.4, -0.2) is 40.4 Å². The minimum atomic E-state index is -2.47. The predicted molar refractivity (Wildman–Crippen MR) is 125 cm³/mol. The molecular weight excluding hydrogens is 422 g/mol. The van der Waals surface area contributed by atoms with Crippen molar-refractivity contribution >= 4 is 23.6 Å². The van der Waals surface area contributed by atoms with E-state index in [0.29, 0.717) is 17.5 Å². The van der Waals surface area contributed by atoms with E-state index in [-0.39, 0.29) is 6.42 Å². The molecule has 1 aliphatic rings. The van der Waals surface area contributed by atoms with Crippen molar-refractivity contribution in [2.75, 3.05) is 0 Å². The normalized spacial score (nSPS) is 17.7. The maximum Gasteiger partial charge on any atom is 0.344 e. The topological polar surface area (TPSA) is 110 Å². The fourth-order valence-electron chi connectivity index (χ4n) is 4.38. The van der Waals surface area contributed by atoms with Gasteiger partial charge in [0.2, 0.25) is 11.4 Å². The van der Waals surface area contributed by atoms with E-state index in [4.69, 9.17) is 4.74 Å². The molecule has 0 heterocycles. The van der Waals surface area contributed by atoms with Crippen LogP contribution in [-0.2, 0) is 32.0 Å². The Morgan fingerprint density at radius 1 is 1.15 bits per heavy atom. The van der Waals surface area contributed by atoms with E-state index in [1.54, 1.807) is 19.9 Å². The van der Waals surface area contributed by atoms with Gasteiger partial charge < -0.3 is 15.2 Å². The maximum atomic E-state index is 13.2. The number of rotatable bonds is 13. The van der Waals surface area contributed by atoms with Crippen molar-refractivity contribution in [1.82, 2.24) is 5.32 Å². The molecule has 1 amide bonds.